The number of rotatable bonds is 2. The van der Waals surface area contributed by atoms with Crippen molar-refractivity contribution in [1.82, 2.24) is 9.97 Å². The Balaban J connectivity index is 2.20. The fourth-order valence-electron chi connectivity index (χ4n) is 1.74. The molecular weight excluding hydrogens is 180 g/mol. The molecule has 1 fully saturated rings. The maximum Gasteiger partial charge on any atom is 0.235 e. The highest BCUT2D eigenvalue weighted by Crippen LogP contribution is 2.29. The van der Waals surface area contributed by atoms with Gasteiger partial charge in [-0.05, 0) is 12.8 Å². The van der Waals surface area contributed by atoms with Gasteiger partial charge >= 0.3 is 0 Å². The molecule has 14 heavy (non-hydrogen) atoms. The lowest BCUT2D eigenvalue weighted by Crippen LogP contribution is -2.16. The van der Waals surface area contributed by atoms with Gasteiger partial charge in [-0.25, -0.2) is 4.98 Å². The van der Waals surface area contributed by atoms with E-state index in [0.29, 0.717) is 11.8 Å². The molecule has 4 heteroatoms. The molecule has 1 aliphatic rings. The van der Waals surface area contributed by atoms with Crippen molar-refractivity contribution in [3.05, 3.63) is 18.1 Å². The number of methoxy groups -OCH3 is 1. The summed E-state index contributed by atoms with van der Waals surface area (Å²) in [5.41, 5.74) is 0.971. The Labute approximate surface area is 83.3 Å². The summed E-state index contributed by atoms with van der Waals surface area (Å²) >= 11 is 0. The molecule has 0 saturated carbocycles. The molecule has 0 aromatic carbocycles. The van der Waals surface area contributed by atoms with Gasteiger partial charge in [0.2, 0.25) is 5.88 Å². The van der Waals surface area contributed by atoms with E-state index in [2.05, 4.69) is 9.97 Å². The van der Waals surface area contributed by atoms with Crippen LogP contribution in [0.25, 0.3) is 0 Å². The maximum atomic E-state index is 5.31. The number of aromatic nitrogens is 2. The van der Waals surface area contributed by atoms with Crippen molar-refractivity contribution in [1.29, 1.82) is 0 Å². The van der Waals surface area contributed by atoms with Gasteiger partial charge in [0.05, 0.1) is 7.11 Å². The van der Waals surface area contributed by atoms with Gasteiger partial charge in [0.1, 0.15) is 5.69 Å². The number of hydrogen-bond donors (Lipinski definition) is 0. The molecular formula is C10H14N2O2. The van der Waals surface area contributed by atoms with Crippen LogP contribution in [0.3, 0.4) is 0 Å². The number of nitrogens with zero attached hydrogens (tertiary/aromatic N) is 2. The lowest BCUT2D eigenvalue weighted by Gasteiger charge is -2.22. The highest BCUT2D eigenvalue weighted by molar-refractivity contribution is 5.21. The smallest absolute Gasteiger partial charge is 0.235 e. The first-order chi connectivity index (χ1) is 6.92. The van der Waals surface area contributed by atoms with E-state index in [1.54, 1.807) is 19.5 Å². The Bertz CT molecular complexity index is 298. The van der Waals surface area contributed by atoms with E-state index in [4.69, 9.17) is 9.47 Å². The van der Waals surface area contributed by atoms with E-state index in [1.807, 2.05) is 0 Å². The summed E-state index contributed by atoms with van der Waals surface area (Å²) in [7, 11) is 1.63. The SMILES string of the molecule is COc1nccnc1C1CCOCC1. The van der Waals surface area contributed by atoms with E-state index < -0.39 is 0 Å². The van der Waals surface area contributed by atoms with E-state index in [9.17, 15) is 0 Å². The zero-order chi connectivity index (χ0) is 9.80. The summed E-state index contributed by atoms with van der Waals surface area (Å²) in [5, 5.41) is 0. The van der Waals surface area contributed by atoms with E-state index >= 15 is 0 Å². The molecule has 2 rings (SSSR count). The topological polar surface area (TPSA) is 44.2 Å². The number of hydrogen-bond acceptors (Lipinski definition) is 4. The summed E-state index contributed by atoms with van der Waals surface area (Å²) in [6, 6.07) is 0. The first-order valence-electron chi connectivity index (χ1n) is 4.84. The molecule has 1 aromatic rings. The molecule has 0 radical (unpaired) electrons. The van der Waals surface area contributed by atoms with Crippen molar-refractivity contribution >= 4 is 0 Å². The van der Waals surface area contributed by atoms with Gasteiger partial charge in [-0.15, -0.1) is 0 Å². The largest absolute Gasteiger partial charge is 0.480 e. The van der Waals surface area contributed by atoms with Gasteiger partial charge in [0.15, 0.2) is 0 Å². The third-order valence-electron chi connectivity index (χ3n) is 2.49. The minimum Gasteiger partial charge on any atom is -0.480 e. The van der Waals surface area contributed by atoms with Crippen LogP contribution in [0.2, 0.25) is 0 Å². The zero-order valence-electron chi connectivity index (χ0n) is 8.27. The molecule has 1 aliphatic heterocycles. The van der Waals surface area contributed by atoms with Crippen LogP contribution in [-0.2, 0) is 4.74 Å². The van der Waals surface area contributed by atoms with Crippen molar-refractivity contribution in [2.24, 2.45) is 0 Å². The van der Waals surface area contributed by atoms with Gasteiger partial charge in [-0.2, -0.15) is 0 Å². The highest BCUT2D eigenvalue weighted by Gasteiger charge is 2.21. The van der Waals surface area contributed by atoms with Gasteiger partial charge in [-0.1, -0.05) is 0 Å². The summed E-state index contributed by atoms with van der Waals surface area (Å²) in [6.45, 7) is 1.62. The van der Waals surface area contributed by atoms with Gasteiger partial charge in [-0.3, -0.25) is 4.98 Å². The van der Waals surface area contributed by atoms with Crippen molar-refractivity contribution in [2.45, 2.75) is 18.8 Å². The van der Waals surface area contributed by atoms with Crippen LogP contribution in [0.4, 0.5) is 0 Å². The van der Waals surface area contributed by atoms with Gasteiger partial charge < -0.3 is 9.47 Å². The average molecular weight is 194 g/mol. The fourth-order valence-corrected chi connectivity index (χ4v) is 1.74. The van der Waals surface area contributed by atoms with E-state index in [1.165, 1.54) is 0 Å². The Morgan fingerprint density at radius 1 is 1.29 bits per heavy atom. The Kier molecular flexibility index (Phi) is 2.93. The maximum absolute atomic E-state index is 5.31. The predicted octanol–water partition coefficient (Wildman–Crippen LogP) is 1.38. The van der Waals surface area contributed by atoms with Crippen molar-refractivity contribution < 1.29 is 9.47 Å². The second-order valence-corrected chi connectivity index (χ2v) is 3.34. The zero-order valence-corrected chi connectivity index (χ0v) is 8.27. The molecule has 1 saturated heterocycles. The quantitative estimate of drug-likeness (QED) is 0.713. The highest BCUT2D eigenvalue weighted by atomic mass is 16.5. The van der Waals surface area contributed by atoms with Crippen molar-refractivity contribution in [2.75, 3.05) is 20.3 Å². The molecule has 0 aliphatic carbocycles. The second-order valence-electron chi connectivity index (χ2n) is 3.34. The molecule has 0 bridgehead atoms. The number of ether oxygens (including phenoxy) is 2. The lowest BCUT2D eigenvalue weighted by molar-refractivity contribution is 0.0837. The molecule has 0 unspecified atom stereocenters. The summed E-state index contributed by atoms with van der Waals surface area (Å²) < 4.78 is 10.5. The van der Waals surface area contributed by atoms with Crippen LogP contribution < -0.4 is 4.74 Å². The van der Waals surface area contributed by atoms with Gasteiger partial charge in [0, 0.05) is 31.5 Å². The first-order valence-corrected chi connectivity index (χ1v) is 4.84. The summed E-state index contributed by atoms with van der Waals surface area (Å²) in [5.74, 6) is 1.09. The normalized spacial score (nSPS) is 18.1. The molecule has 1 aromatic heterocycles. The van der Waals surface area contributed by atoms with Crippen LogP contribution in [0, 0.1) is 0 Å². The van der Waals surface area contributed by atoms with Crippen LogP contribution in [0.15, 0.2) is 12.4 Å². The monoisotopic (exact) mass is 194 g/mol. The lowest BCUT2D eigenvalue weighted by atomic mass is 9.96. The minimum atomic E-state index is 0.437. The average Bonchev–Trinajstić information content (AvgIpc) is 2.30. The summed E-state index contributed by atoms with van der Waals surface area (Å²) in [6.07, 6.45) is 5.39. The van der Waals surface area contributed by atoms with Crippen LogP contribution >= 0.6 is 0 Å². The van der Waals surface area contributed by atoms with E-state index in [-0.39, 0.29) is 0 Å². The molecule has 4 nitrogen and oxygen atoms in total. The van der Waals surface area contributed by atoms with Crippen LogP contribution in [0.5, 0.6) is 5.88 Å². The summed E-state index contributed by atoms with van der Waals surface area (Å²) in [4.78, 5) is 8.48. The van der Waals surface area contributed by atoms with Crippen molar-refractivity contribution in [3.8, 4) is 5.88 Å². The standard InChI is InChI=1S/C10H14N2O2/c1-13-10-9(11-4-5-12-10)8-2-6-14-7-3-8/h4-5,8H,2-3,6-7H2,1H3. The molecule has 76 valence electrons. The van der Waals surface area contributed by atoms with E-state index in [0.717, 1.165) is 31.7 Å². The Morgan fingerprint density at radius 3 is 2.71 bits per heavy atom. The first kappa shape index (κ1) is 9.40. The third kappa shape index (κ3) is 1.85. The molecule has 0 spiro atoms. The van der Waals surface area contributed by atoms with Gasteiger partial charge in [0.25, 0.3) is 0 Å². The third-order valence-corrected chi connectivity index (χ3v) is 2.49. The Hall–Kier alpha value is -1.16. The van der Waals surface area contributed by atoms with Crippen LogP contribution in [0.1, 0.15) is 24.5 Å². The fraction of sp³-hybridized carbons (Fsp3) is 0.600. The predicted molar refractivity (Wildman–Crippen MR) is 51.4 cm³/mol. The molecule has 0 N–H and O–H groups in total. The molecule has 0 amide bonds. The minimum absolute atomic E-state index is 0.437. The van der Waals surface area contributed by atoms with Crippen molar-refractivity contribution in [3.63, 3.8) is 0 Å². The van der Waals surface area contributed by atoms with Crippen LogP contribution in [-0.4, -0.2) is 30.3 Å². The molecule has 2 heterocycles. The molecule has 0 atom stereocenters. The Morgan fingerprint density at radius 2 is 2.00 bits per heavy atom. The second kappa shape index (κ2) is 4.37.